The molecular formula is C16H21NO5. The van der Waals surface area contributed by atoms with Gasteiger partial charge in [-0.25, -0.2) is 4.79 Å². The molecule has 0 unspecified atom stereocenters. The lowest BCUT2D eigenvalue weighted by atomic mass is 10.1. The average molecular weight is 307 g/mol. The van der Waals surface area contributed by atoms with Gasteiger partial charge in [-0.15, -0.1) is 0 Å². The zero-order valence-electron chi connectivity index (χ0n) is 12.6. The standard InChI is InChI=1S/C16H21NO5/c1-21-14-6-4-11(9-13(14)16(19)20)10-17-15(18)7-5-12-3-2-8-22-12/h4,6,9,12H,2-3,5,7-8,10H2,1H3,(H,17,18)(H,19,20)/t12-/m1/s1. The van der Waals surface area contributed by atoms with E-state index in [9.17, 15) is 9.59 Å². The molecule has 1 aliphatic rings. The van der Waals surface area contributed by atoms with Crippen LogP contribution in [0.4, 0.5) is 0 Å². The molecule has 2 N–H and O–H groups in total. The van der Waals surface area contributed by atoms with Gasteiger partial charge in [0.15, 0.2) is 0 Å². The molecule has 1 heterocycles. The Kier molecular flexibility index (Phi) is 5.77. The van der Waals surface area contributed by atoms with Crippen molar-refractivity contribution in [2.75, 3.05) is 13.7 Å². The van der Waals surface area contributed by atoms with E-state index in [1.54, 1.807) is 12.1 Å². The highest BCUT2D eigenvalue weighted by molar-refractivity contribution is 5.91. The Labute approximate surface area is 129 Å². The van der Waals surface area contributed by atoms with Gasteiger partial charge < -0.3 is 19.9 Å². The summed E-state index contributed by atoms with van der Waals surface area (Å²) in [5.74, 6) is -0.799. The molecule has 22 heavy (non-hydrogen) atoms. The number of hydrogen-bond acceptors (Lipinski definition) is 4. The van der Waals surface area contributed by atoms with Crippen LogP contribution in [0.1, 0.15) is 41.6 Å². The summed E-state index contributed by atoms with van der Waals surface area (Å²) < 4.78 is 10.5. The number of carboxylic acids is 1. The molecule has 2 rings (SSSR count). The summed E-state index contributed by atoms with van der Waals surface area (Å²) >= 11 is 0. The van der Waals surface area contributed by atoms with E-state index >= 15 is 0 Å². The van der Waals surface area contributed by atoms with Crippen molar-refractivity contribution in [3.8, 4) is 5.75 Å². The Morgan fingerprint density at radius 2 is 2.27 bits per heavy atom. The molecule has 1 aromatic rings. The van der Waals surface area contributed by atoms with E-state index in [1.165, 1.54) is 13.2 Å². The molecule has 0 spiro atoms. The topological polar surface area (TPSA) is 84.9 Å². The molecule has 6 nitrogen and oxygen atoms in total. The summed E-state index contributed by atoms with van der Waals surface area (Å²) in [7, 11) is 1.42. The highest BCUT2D eigenvalue weighted by Crippen LogP contribution is 2.20. The van der Waals surface area contributed by atoms with Crippen molar-refractivity contribution in [3.63, 3.8) is 0 Å². The maximum atomic E-state index is 11.8. The zero-order valence-corrected chi connectivity index (χ0v) is 12.6. The highest BCUT2D eigenvalue weighted by atomic mass is 16.5. The fourth-order valence-electron chi connectivity index (χ4n) is 2.49. The normalized spacial score (nSPS) is 17.2. The molecule has 0 aromatic heterocycles. The summed E-state index contributed by atoms with van der Waals surface area (Å²) in [4.78, 5) is 22.9. The molecule has 1 saturated heterocycles. The second-order valence-corrected chi connectivity index (χ2v) is 5.29. The highest BCUT2D eigenvalue weighted by Gasteiger charge is 2.17. The number of aromatic carboxylic acids is 1. The fraction of sp³-hybridized carbons (Fsp3) is 0.500. The van der Waals surface area contributed by atoms with Crippen molar-refractivity contribution in [1.82, 2.24) is 5.32 Å². The van der Waals surface area contributed by atoms with Gasteiger partial charge in [-0.3, -0.25) is 4.79 Å². The monoisotopic (exact) mass is 307 g/mol. The van der Waals surface area contributed by atoms with Gasteiger partial charge in [-0.1, -0.05) is 6.07 Å². The summed E-state index contributed by atoms with van der Waals surface area (Å²) in [6, 6.07) is 4.85. The lowest BCUT2D eigenvalue weighted by molar-refractivity contribution is -0.121. The number of hydrogen-bond donors (Lipinski definition) is 2. The molecule has 1 aliphatic heterocycles. The molecule has 0 radical (unpaired) electrons. The molecule has 1 atom stereocenters. The van der Waals surface area contributed by atoms with Gasteiger partial charge in [0, 0.05) is 19.6 Å². The van der Waals surface area contributed by atoms with Crippen LogP contribution in [-0.2, 0) is 16.1 Å². The predicted octanol–water partition coefficient (Wildman–Crippen LogP) is 1.97. The van der Waals surface area contributed by atoms with Crippen LogP contribution in [0.3, 0.4) is 0 Å². The van der Waals surface area contributed by atoms with Gasteiger partial charge >= 0.3 is 5.97 Å². The Hall–Kier alpha value is -2.08. The smallest absolute Gasteiger partial charge is 0.339 e. The van der Waals surface area contributed by atoms with E-state index in [0.29, 0.717) is 18.7 Å². The first-order chi connectivity index (χ1) is 10.6. The Bertz CT molecular complexity index is 537. The number of carbonyl (C=O) groups excluding carboxylic acids is 1. The van der Waals surface area contributed by atoms with Crippen molar-refractivity contribution >= 4 is 11.9 Å². The van der Waals surface area contributed by atoms with Crippen LogP contribution in [0.25, 0.3) is 0 Å². The van der Waals surface area contributed by atoms with Gasteiger partial charge in [-0.2, -0.15) is 0 Å². The van der Waals surface area contributed by atoms with Crippen LogP contribution in [0, 0.1) is 0 Å². The van der Waals surface area contributed by atoms with E-state index < -0.39 is 5.97 Å². The lowest BCUT2D eigenvalue weighted by Crippen LogP contribution is -2.24. The third-order valence-electron chi connectivity index (χ3n) is 3.70. The Morgan fingerprint density at radius 1 is 1.45 bits per heavy atom. The van der Waals surface area contributed by atoms with Gasteiger partial charge in [0.2, 0.25) is 5.91 Å². The van der Waals surface area contributed by atoms with Crippen LogP contribution in [0.5, 0.6) is 5.75 Å². The Morgan fingerprint density at radius 3 is 2.91 bits per heavy atom. The van der Waals surface area contributed by atoms with Gasteiger partial charge in [-0.05, 0) is 37.0 Å². The summed E-state index contributed by atoms with van der Waals surface area (Å²) in [6.07, 6.45) is 3.44. The maximum absolute atomic E-state index is 11.8. The van der Waals surface area contributed by atoms with Gasteiger partial charge in [0.1, 0.15) is 11.3 Å². The molecule has 1 fully saturated rings. The number of carbonyl (C=O) groups is 2. The second kappa shape index (κ2) is 7.79. The van der Waals surface area contributed by atoms with Gasteiger partial charge in [0.25, 0.3) is 0 Å². The summed E-state index contributed by atoms with van der Waals surface area (Å²) in [6.45, 7) is 1.09. The van der Waals surface area contributed by atoms with E-state index in [4.69, 9.17) is 14.6 Å². The minimum atomic E-state index is -1.05. The quantitative estimate of drug-likeness (QED) is 0.804. The zero-order chi connectivity index (χ0) is 15.9. The largest absolute Gasteiger partial charge is 0.496 e. The molecule has 1 aromatic carbocycles. The van der Waals surface area contributed by atoms with Crippen LogP contribution in [0.2, 0.25) is 0 Å². The SMILES string of the molecule is COc1ccc(CNC(=O)CC[C@H]2CCCO2)cc1C(=O)O. The first-order valence-corrected chi connectivity index (χ1v) is 7.38. The molecule has 1 amide bonds. The van der Waals surface area contributed by atoms with Crippen molar-refractivity contribution in [1.29, 1.82) is 0 Å². The second-order valence-electron chi connectivity index (χ2n) is 5.29. The van der Waals surface area contributed by atoms with Crippen molar-refractivity contribution in [2.45, 2.75) is 38.3 Å². The number of methoxy groups -OCH3 is 1. The minimum absolute atomic E-state index is 0.0526. The van der Waals surface area contributed by atoms with Crippen LogP contribution in [-0.4, -0.2) is 36.8 Å². The third-order valence-corrected chi connectivity index (χ3v) is 3.70. The maximum Gasteiger partial charge on any atom is 0.339 e. The van der Waals surface area contributed by atoms with Crippen molar-refractivity contribution < 1.29 is 24.2 Å². The molecular weight excluding hydrogens is 286 g/mol. The lowest BCUT2D eigenvalue weighted by Gasteiger charge is -2.10. The first-order valence-electron chi connectivity index (χ1n) is 7.38. The number of amides is 1. The molecule has 6 heteroatoms. The molecule has 0 aliphatic carbocycles. The van der Waals surface area contributed by atoms with Gasteiger partial charge in [0.05, 0.1) is 13.2 Å². The average Bonchev–Trinajstić information content (AvgIpc) is 3.04. The van der Waals surface area contributed by atoms with Crippen LogP contribution in [0.15, 0.2) is 18.2 Å². The minimum Gasteiger partial charge on any atom is -0.496 e. The van der Waals surface area contributed by atoms with E-state index in [1.807, 2.05) is 0 Å². The van der Waals surface area contributed by atoms with Crippen LogP contribution < -0.4 is 10.1 Å². The number of carboxylic acid groups (broad SMARTS) is 1. The number of benzene rings is 1. The van der Waals surface area contributed by atoms with E-state index in [2.05, 4.69) is 5.32 Å². The molecule has 120 valence electrons. The predicted molar refractivity (Wildman–Crippen MR) is 80.0 cm³/mol. The van der Waals surface area contributed by atoms with Crippen molar-refractivity contribution in [2.24, 2.45) is 0 Å². The number of nitrogens with one attached hydrogen (secondary N) is 1. The van der Waals surface area contributed by atoms with Crippen LogP contribution >= 0.6 is 0 Å². The molecule has 0 bridgehead atoms. The third kappa shape index (κ3) is 4.46. The first kappa shape index (κ1) is 16.3. The van der Waals surface area contributed by atoms with E-state index in [-0.39, 0.29) is 17.6 Å². The number of ether oxygens (including phenoxy) is 2. The Balaban J connectivity index is 1.84. The fourth-order valence-corrected chi connectivity index (χ4v) is 2.49. The number of rotatable bonds is 7. The summed E-state index contributed by atoms with van der Waals surface area (Å²) in [5.41, 5.74) is 0.817. The summed E-state index contributed by atoms with van der Waals surface area (Å²) in [5, 5.41) is 11.9. The van der Waals surface area contributed by atoms with Crippen molar-refractivity contribution in [3.05, 3.63) is 29.3 Å². The van der Waals surface area contributed by atoms with E-state index in [0.717, 1.165) is 31.4 Å². The molecule has 0 saturated carbocycles.